The maximum atomic E-state index is 12.2. The first-order valence-corrected chi connectivity index (χ1v) is 9.34. The minimum atomic E-state index is -0.541. The molecule has 0 aliphatic heterocycles. The Kier molecular flexibility index (Phi) is 6.66. The summed E-state index contributed by atoms with van der Waals surface area (Å²) in [6.45, 7) is 11.7. The summed E-state index contributed by atoms with van der Waals surface area (Å²) in [4.78, 5) is 12.2. The summed E-state index contributed by atoms with van der Waals surface area (Å²) >= 11 is 0. The molecule has 1 amide bonds. The number of carbonyl (C=O) groups excluding carboxylic acids is 1. The van der Waals surface area contributed by atoms with Gasteiger partial charge in [-0.25, -0.2) is 4.79 Å². The number of hydrogen-bond acceptors (Lipinski definition) is 3. The van der Waals surface area contributed by atoms with Gasteiger partial charge >= 0.3 is 6.09 Å². The van der Waals surface area contributed by atoms with Gasteiger partial charge in [0.2, 0.25) is 0 Å². The van der Waals surface area contributed by atoms with Crippen LogP contribution in [0.2, 0.25) is 0 Å². The number of amides is 1. The van der Waals surface area contributed by atoms with Crippen molar-refractivity contribution in [3.05, 3.63) is 65.7 Å². The Hall–Kier alpha value is -2.33. The van der Waals surface area contributed by atoms with Crippen LogP contribution in [0.3, 0.4) is 0 Å². The van der Waals surface area contributed by atoms with Gasteiger partial charge in [0.05, 0.1) is 11.7 Å². The van der Waals surface area contributed by atoms with Crippen molar-refractivity contribution in [2.75, 3.05) is 5.32 Å². The third-order valence-electron chi connectivity index (χ3n) is 3.73. The molecule has 0 aliphatic carbocycles. The van der Waals surface area contributed by atoms with E-state index in [1.165, 1.54) is 0 Å². The van der Waals surface area contributed by atoms with Crippen molar-refractivity contribution in [1.29, 1.82) is 0 Å². The van der Waals surface area contributed by atoms with E-state index < -0.39 is 11.7 Å². The first-order valence-electron chi connectivity index (χ1n) is 9.34. The predicted molar refractivity (Wildman–Crippen MR) is 110 cm³/mol. The average molecular weight is 370 g/mol. The molecule has 2 rings (SSSR count). The van der Waals surface area contributed by atoms with E-state index in [9.17, 15) is 4.79 Å². The molecule has 0 heterocycles. The summed E-state index contributed by atoms with van der Waals surface area (Å²) in [7, 11) is 0. The summed E-state index contributed by atoms with van der Waals surface area (Å²) < 4.78 is 11.7. The van der Waals surface area contributed by atoms with Crippen LogP contribution in [0.15, 0.2) is 54.6 Å². The van der Waals surface area contributed by atoms with Crippen LogP contribution in [0.1, 0.15) is 58.8 Å². The lowest BCUT2D eigenvalue weighted by Crippen LogP contribution is -2.28. The van der Waals surface area contributed by atoms with Gasteiger partial charge in [-0.15, -0.1) is 0 Å². The van der Waals surface area contributed by atoms with Crippen LogP contribution in [0.5, 0.6) is 0 Å². The summed E-state index contributed by atoms with van der Waals surface area (Å²) in [6, 6.07) is 17.9. The number of para-hydroxylation sites is 1. The van der Waals surface area contributed by atoms with E-state index in [1.54, 1.807) is 0 Å². The van der Waals surface area contributed by atoms with Crippen LogP contribution >= 0.6 is 0 Å². The Labute approximate surface area is 162 Å². The van der Waals surface area contributed by atoms with E-state index in [4.69, 9.17) is 9.47 Å². The molecule has 2 aromatic carbocycles. The average Bonchev–Trinajstić information content (AvgIpc) is 2.54. The topological polar surface area (TPSA) is 47.6 Å². The van der Waals surface area contributed by atoms with E-state index in [0.29, 0.717) is 6.42 Å². The van der Waals surface area contributed by atoms with Gasteiger partial charge < -0.3 is 9.47 Å². The van der Waals surface area contributed by atoms with Crippen molar-refractivity contribution < 1.29 is 14.3 Å². The summed E-state index contributed by atoms with van der Waals surface area (Å²) in [6.07, 6.45) is 0.0727. The smallest absolute Gasteiger partial charge is 0.412 e. The molecule has 0 aromatic heterocycles. The molecular weight excluding hydrogens is 338 g/mol. The fourth-order valence-corrected chi connectivity index (χ4v) is 2.76. The third kappa shape index (κ3) is 7.43. The number of ether oxygens (including phenoxy) is 2. The monoisotopic (exact) mass is 369 g/mol. The van der Waals surface area contributed by atoms with Crippen molar-refractivity contribution >= 4 is 11.8 Å². The number of anilines is 1. The lowest BCUT2D eigenvalue weighted by Gasteiger charge is -2.29. The van der Waals surface area contributed by atoms with E-state index in [-0.39, 0.29) is 11.7 Å². The van der Waals surface area contributed by atoms with Crippen molar-refractivity contribution in [3.63, 3.8) is 0 Å². The van der Waals surface area contributed by atoms with Crippen LogP contribution in [0.4, 0.5) is 10.5 Å². The second-order valence-electron chi connectivity index (χ2n) is 8.62. The van der Waals surface area contributed by atoms with Gasteiger partial charge in [0.15, 0.2) is 0 Å². The standard InChI is InChI=1S/C23H31NO3/c1-22(2,3)26-20(17-12-8-7-9-13-17)16-18-14-10-11-15-19(18)24-21(25)27-23(4,5)6/h7-15,20H,16H2,1-6H3,(H,24,25). The molecular formula is C23H31NO3. The Morgan fingerprint density at radius 2 is 1.48 bits per heavy atom. The molecule has 0 fully saturated rings. The second kappa shape index (κ2) is 8.57. The first-order chi connectivity index (χ1) is 12.5. The van der Waals surface area contributed by atoms with Crippen molar-refractivity contribution in [3.8, 4) is 0 Å². The van der Waals surface area contributed by atoms with Crippen molar-refractivity contribution in [1.82, 2.24) is 0 Å². The molecule has 4 nitrogen and oxygen atoms in total. The molecule has 0 bridgehead atoms. The fraction of sp³-hybridized carbons (Fsp3) is 0.435. The normalized spacial score (nSPS) is 13.1. The first kappa shape index (κ1) is 21.0. The Morgan fingerprint density at radius 3 is 2.07 bits per heavy atom. The predicted octanol–water partition coefficient (Wildman–Crippen LogP) is 6.13. The summed E-state index contributed by atoms with van der Waals surface area (Å²) in [5.74, 6) is 0. The van der Waals surface area contributed by atoms with Crippen LogP contribution in [0.25, 0.3) is 0 Å². The van der Waals surface area contributed by atoms with Gasteiger partial charge in [-0.2, -0.15) is 0 Å². The van der Waals surface area contributed by atoms with E-state index >= 15 is 0 Å². The Bertz CT molecular complexity index is 742. The van der Waals surface area contributed by atoms with Crippen molar-refractivity contribution in [2.45, 2.75) is 65.3 Å². The van der Waals surface area contributed by atoms with Crippen LogP contribution < -0.4 is 5.32 Å². The Balaban J connectivity index is 2.24. The van der Waals surface area contributed by atoms with E-state index in [1.807, 2.05) is 84.0 Å². The van der Waals surface area contributed by atoms with Gasteiger partial charge in [0.25, 0.3) is 0 Å². The van der Waals surface area contributed by atoms with Gasteiger partial charge in [-0.3, -0.25) is 5.32 Å². The Morgan fingerprint density at radius 1 is 0.889 bits per heavy atom. The molecule has 2 aromatic rings. The quantitative estimate of drug-likeness (QED) is 0.689. The number of hydrogen-bond donors (Lipinski definition) is 1. The van der Waals surface area contributed by atoms with E-state index in [2.05, 4.69) is 17.4 Å². The van der Waals surface area contributed by atoms with Gasteiger partial charge in [0, 0.05) is 12.1 Å². The highest BCUT2D eigenvalue weighted by molar-refractivity contribution is 5.85. The highest BCUT2D eigenvalue weighted by Gasteiger charge is 2.23. The summed E-state index contributed by atoms with van der Waals surface area (Å²) in [5.41, 5.74) is 2.03. The number of rotatable bonds is 5. The number of nitrogens with one attached hydrogen (secondary N) is 1. The zero-order valence-electron chi connectivity index (χ0n) is 17.2. The summed E-state index contributed by atoms with van der Waals surface area (Å²) in [5, 5.41) is 2.87. The van der Waals surface area contributed by atoms with Crippen LogP contribution in [0, 0.1) is 0 Å². The SMILES string of the molecule is CC(C)(C)OC(=O)Nc1ccccc1CC(OC(C)(C)C)c1ccccc1. The highest BCUT2D eigenvalue weighted by Crippen LogP contribution is 2.30. The molecule has 0 saturated carbocycles. The molecule has 1 unspecified atom stereocenters. The fourth-order valence-electron chi connectivity index (χ4n) is 2.76. The number of benzene rings is 2. The molecule has 0 saturated heterocycles. The zero-order chi connectivity index (χ0) is 20.1. The molecule has 0 aliphatic rings. The molecule has 1 N–H and O–H groups in total. The van der Waals surface area contributed by atoms with Crippen LogP contribution in [-0.2, 0) is 15.9 Å². The third-order valence-corrected chi connectivity index (χ3v) is 3.73. The van der Waals surface area contributed by atoms with Gasteiger partial charge in [-0.1, -0.05) is 48.5 Å². The second-order valence-corrected chi connectivity index (χ2v) is 8.62. The molecule has 4 heteroatoms. The zero-order valence-corrected chi connectivity index (χ0v) is 17.2. The van der Waals surface area contributed by atoms with Gasteiger partial charge in [0.1, 0.15) is 5.60 Å². The lowest BCUT2D eigenvalue weighted by molar-refractivity contribution is -0.0613. The van der Waals surface area contributed by atoms with Crippen molar-refractivity contribution in [2.24, 2.45) is 0 Å². The number of carbonyl (C=O) groups is 1. The minimum absolute atomic E-state index is 0.118. The molecule has 27 heavy (non-hydrogen) atoms. The van der Waals surface area contributed by atoms with Crippen LogP contribution in [-0.4, -0.2) is 17.3 Å². The molecule has 146 valence electrons. The minimum Gasteiger partial charge on any atom is -0.444 e. The largest absolute Gasteiger partial charge is 0.444 e. The molecule has 1 atom stereocenters. The maximum absolute atomic E-state index is 12.2. The highest BCUT2D eigenvalue weighted by atomic mass is 16.6. The lowest BCUT2D eigenvalue weighted by atomic mass is 9.99. The molecule has 0 radical (unpaired) electrons. The molecule has 0 spiro atoms. The van der Waals surface area contributed by atoms with E-state index in [0.717, 1.165) is 16.8 Å². The van der Waals surface area contributed by atoms with Gasteiger partial charge in [-0.05, 0) is 58.7 Å². The maximum Gasteiger partial charge on any atom is 0.412 e.